The molecule has 0 aromatic carbocycles. The number of esters is 1. The van der Waals surface area contributed by atoms with Gasteiger partial charge in [0.15, 0.2) is 0 Å². The predicted octanol–water partition coefficient (Wildman–Crippen LogP) is 1.96. The zero-order valence-corrected chi connectivity index (χ0v) is 8.69. The molecule has 0 aliphatic rings. The summed E-state index contributed by atoms with van der Waals surface area (Å²) >= 11 is 7.25. The minimum absolute atomic E-state index is 0.160. The van der Waals surface area contributed by atoms with Gasteiger partial charge in [0.2, 0.25) is 0 Å². The van der Waals surface area contributed by atoms with Crippen LogP contribution in [0.4, 0.5) is 0 Å². The minimum atomic E-state index is -0.369. The quantitative estimate of drug-likeness (QED) is 0.791. The van der Waals surface area contributed by atoms with E-state index >= 15 is 0 Å². The van der Waals surface area contributed by atoms with E-state index in [0.717, 1.165) is 5.56 Å². The first kappa shape index (κ1) is 10.5. The molecule has 1 rings (SSSR count). The fraction of sp³-hybridized carbons (Fsp3) is 0.375. The molecule has 0 saturated carbocycles. The van der Waals surface area contributed by atoms with E-state index in [9.17, 15) is 4.79 Å². The molecular weight excluding hydrogens is 210 g/mol. The van der Waals surface area contributed by atoms with Crippen LogP contribution in [0, 0.1) is 0 Å². The monoisotopic (exact) mass is 219 g/mol. The van der Waals surface area contributed by atoms with Crippen molar-refractivity contribution in [2.24, 2.45) is 5.73 Å². The van der Waals surface area contributed by atoms with Crippen LogP contribution in [0.25, 0.3) is 0 Å². The molecule has 0 saturated heterocycles. The predicted molar refractivity (Wildman–Crippen MR) is 52.9 cm³/mol. The van der Waals surface area contributed by atoms with Crippen LogP contribution in [0.2, 0.25) is 4.34 Å². The molecule has 2 N–H and O–H groups in total. The number of ether oxygens (including phenoxy) is 1. The summed E-state index contributed by atoms with van der Waals surface area (Å²) in [4.78, 5) is 10.9. The summed E-state index contributed by atoms with van der Waals surface area (Å²) in [6.45, 7) is 0. The second kappa shape index (κ2) is 4.60. The van der Waals surface area contributed by atoms with Gasteiger partial charge in [0.05, 0.1) is 17.9 Å². The summed E-state index contributed by atoms with van der Waals surface area (Å²) < 4.78 is 5.14. The Bertz CT molecular complexity index is 300. The average Bonchev–Trinajstić information content (AvgIpc) is 2.51. The number of carbonyl (C=O) groups is 1. The summed E-state index contributed by atoms with van der Waals surface area (Å²) in [6, 6.07) is 1.45. The molecule has 0 spiro atoms. The fourth-order valence-electron chi connectivity index (χ4n) is 0.943. The van der Waals surface area contributed by atoms with Gasteiger partial charge in [-0.05, 0) is 17.0 Å². The van der Waals surface area contributed by atoms with Gasteiger partial charge in [-0.2, -0.15) is 0 Å². The van der Waals surface area contributed by atoms with Crippen molar-refractivity contribution < 1.29 is 9.53 Å². The van der Waals surface area contributed by atoms with Gasteiger partial charge >= 0.3 is 5.97 Å². The third kappa shape index (κ3) is 2.69. The van der Waals surface area contributed by atoms with Gasteiger partial charge in [0, 0.05) is 6.04 Å². The number of thiophene rings is 1. The highest BCUT2D eigenvalue weighted by atomic mass is 35.5. The first-order valence-corrected chi connectivity index (χ1v) is 4.96. The van der Waals surface area contributed by atoms with E-state index in [4.69, 9.17) is 17.3 Å². The topological polar surface area (TPSA) is 52.3 Å². The molecule has 3 nitrogen and oxygen atoms in total. The molecule has 0 aliphatic carbocycles. The summed E-state index contributed by atoms with van der Waals surface area (Å²) in [5, 5.41) is 1.84. The molecule has 13 heavy (non-hydrogen) atoms. The SMILES string of the molecule is COC(=O)C[C@H](N)c1ccsc1Cl. The van der Waals surface area contributed by atoms with Crippen LogP contribution in [-0.4, -0.2) is 13.1 Å². The molecule has 1 aromatic rings. The Balaban J connectivity index is 2.63. The first-order chi connectivity index (χ1) is 6.15. The van der Waals surface area contributed by atoms with Crippen molar-refractivity contribution in [1.29, 1.82) is 0 Å². The fourth-order valence-corrected chi connectivity index (χ4v) is 1.99. The molecule has 5 heteroatoms. The Morgan fingerprint density at radius 2 is 2.54 bits per heavy atom. The van der Waals surface area contributed by atoms with E-state index in [2.05, 4.69) is 4.74 Å². The summed E-state index contributed by atoms with van der Waals surface area (Å²) in [5.74, 6) is -0.324. The lowest BCUT2D eigenvalue weighted by Crippen LogP contribution is -2.15. The number of nitrogens with two attached hydrogens (primary N) is 1. The van der Waals surface area contributed by atoms with Crippen LogP contribution >= 0.6 is 22.9 Å². The summed E-state index contributed by atoms with van der Waals surface area (Å²) in [5.41, 5.74) is 6.54. The van der Waals surface area contributed by atoms with Crippen molar-refractivity contribution in [3.05, 3.63) is 21.3 Å². The van der Waals surface area contributed by atoms with Crippen LogP contribution in [0.1, 0.15) is 18.0 Å². The highest BCUT2D eigenvalue weighted by Gasteiger charge is 2.15. The van der Waals surface area contributed by atoms with Gasteiger partial charge in [-0.25, -0.2) is 0 Å². The van der Waals surface area contributed by atoms with Crippen LogP contribution in [0.5, 0.6) is 0 Å². The Morgan fingerprint density at radius 3 is 3.00 bits per heavy atom. The van der Waals surface area contributed by atoms with Gasteiger partial charge < -0.3 is 10.5 Å². The van der Waals surface area contributed by atoms with Crippen molar-refractivity contribution in [1.82, 2.24) is 0 Å². The lowest BCUT2D eigenvalue weighted by Gasteiger charge is -2.08. The second-order valence-electron chi connectivity index (χ2n) is 2.54. The summed E-state index contributed by atoms with van der Waals surface area (Å²) in [7, 11) is 1.34. The molecular formula is C8H10ClNO2S. The van der Waals surface area contributed by atoms with Crippen molar-refractivity contribution >= 4 is 28.9 Å². The van der Waals surface area contributed by atoms with Gasteiger partial charge in [-0.3, -0.25) is 4.79 Å². The number of hydrogen-bond donors (Lipinski definition) is 1. The standard InChI is InChI=1S/C8H10ClNO2S/c1-12-7(11)4-6(10)5-2-3-13-8(5)9/h2-3,6H,4,10H2,1H3/t6-/m0/s1. The molecule has 1 atom stereocenters. The molecule has 0 bridgehead atoms. The van der Waals surface area contributed by atoms with Crippen molar-refractivity contribution in [3.8, 4) is 0 Å². The van der Waals surface area contributed by atoms with Crippen LogP contribution in [-0.2, 0) is 9.53 Å². The summed E-state index contributed by atoms with van der Waals surface area (Å²) in [6.07, 6.45) is 0.160. The third-order valence-electron chi connectivity index (χ3n) is 1.66. The maximum atomic E-state index is 10.9. The highest BCUT2D eigenvalue weighted by Crippen LogP contribution is 2.28. The number of carbonyl (C=O) groups excluding carboxylic acids is 1. The Labute approximate surface area is 85.4 Å². The molecule has 72 valence electrons. The number of halogens is 1. The first-order valence-electron chi connectivity index (χ1n) is 3.70. The van der Waals surface area contributed by atoms with E-state index in [1.54, 1.807) is 0 Å². The lowest BCUT2D eigenvalue weighted by molar-refractivity contribution is -0.141. The van der Waals surface area contributed by atoms with Crippen LogP contribution in [0.15, 0.2) is 11.4 Å². The van der Waals surface area contributed by atoms with Crippen molar-refractivity contribution in [2.75, 3.05) is 7.11 Å². The Kier molecular flexibility index (Phi) is 3.71. The Morgan fingerprint density at radius 1 is 1.85 bits per heavy atom. The van der Waals surface area contributed by atoms with E-state index in [-0.39, 0.29) is 18.4 Å². The third-order valence-corrected chi connectivity index (χ3v) is 2.86. The molecule has 0 amide bonds. The number of hydrogen-bond acceptors (Lipinski definition) is 4. The molecule has 0 unspecified atom stereocenters. The highest BCUT2D eigenvalue weighted by molar-refractivity contribution is 7.14. The van der Waals surface area contributed by atoms with E-state index in [0.29, 0.717) is 4.34 Å². The largest absolute Gasteiger partial charge is 0.469 e. The van der Waals surface area contributed by atoms with Crippen LogP contribution < -0.4 is 5.73 Å². The minimum Gasteiger partial charge on any atom is -0.469 e. The second-order valence-corrected chi connectivity index (χ2v) is 4.05. The van der Waals surface area contributed by atoms with Gasteiger partial charge in [0.1, 0.15) is 0 Å². The molecule has 0 fully saturated rings. The Hall–Kier alpha value is -0.580. The average molecular weight is 220 g/mol. The smallest absolute Gasteiger partial charge is 0.307 e. The zero-order chi connectivity index (χ0) is 9.84. The number of rotatable bonds is 3. The van der Waals surface area contributed by atoms with Crippen molar-refractivity contribution in [3.63, 3.8) is 0 Å². The molecule has 0 radical (unpaired) electrons. The van der Waals surface area contributed by atoms with Gasteiger partial charge in [-0.15, -0.1) is 11.3 Å². The molecule has 1 heterocycles. The van der Waals surface area contributed by atoms with Crippen molar-refractivity contribution in [2.45, 2.75) is 12.5 Å². The molecule has 1 aromatic heterocycles. The van der Waals surface area contributed by atoms with E-state index in [1.807, 2.05) is 11.4 Å². The maximum Gasteiger partial charge on any atom is 0.307 e. The van der Waals surface area contributed by atoms with Gasteiger partial charge in [0.25, 0.3) is 0 Å². The van der Waals surface area contributed by atoms with Crippen LogP contribution in [0.3, 0.4) is 0 Å². The van der Waals surface area contributed by atoms with Gasteiger partial charge in [-0.1, -0.05) is 11.6 Å². The molecule has 0 aliphatic heterocycles. The zero-order valence-electron chi connectivity index (χ0n) is 7.12. The van der Waals surface area contributed by atoms with E-state index in [1.165, 1.54) is 18.4 Å². The normalized spacial score (nSPS) is 12.5. The number of methoxy groups -OCH3 is 1. The lowest BCUT2D eigenvalue weighted by atomic mass is 10.1. The maximum absolute atomic E-state index is 10.9. The van der Waals surface area contributed by atoms with E-state index < -0.39 is 0 Å².